The van der Waals surface area contributed by atoms with Gasteiger partial charge in [-0.25, -0.2) is 0 Å². The topological polar surface area (TPSA) is 55.2 Å². The molecule has 2 atom stereocenters. The van der Waals surface area contributed by atoms with Gasteiger partial charge in [0.2, 0.25) is 0 Å². The molecule has 0 saturated heterocycles. The number of nitrogens with one attached hydrogen (secondary N) is 1. The van der Waals surface area contributed by atoms with E-state index < -0.39 is 0 Å². The molecule has 2 rings (SSSR count). The Bertz CT molecular complexity index is 505. The second kappa shape index (κ2) is 6.57. The van der Waals surface area contributed by atoms with Crippen molar-refractivity contribution in [3.63, 3.8) is 0 Å². The maximum absolute atomic E-state index is 11.0. The zero-order valence-corrected chi connectivity index (χ0v) is 13.6. The Kier molecular flexibility index (Phi) is 5.02. The number of benzene rings is 1. The summed E-state index contributed by atoms with van der Waals surface area (Å²) in [6.07, 6.45) is 6.06. The van der Waals surface area contributed by atoms with Crippen molar-refractivity contribution < 1.29 is 4.92 Å². The Hall–Kier alpha value is -1.10. The molecule has 0 aliphatic heterocycles. The molecule has 1 aliphatic carbocycles. The van der Waals surface area contributed by atoms with E-state index in [2.05, 4.69) is 28.2 Å². The lowest BCUT2D eigenvalue weighted by Crippen LogP contribution is -2.27. The lowest BCUT2D eigenvalue weighted by molar-refractivity contribution is -0.385. The first-order chi connectivity index (χ1) is 9.51. The molecule has 110 valence electrons. The summed E-state index contributed by atoms with van der Waals surface area (Å²) in [7, 11) is 0. The number of nitro groups is 1. The van der Waals surface area contributed by atoms with Crippen LogP contribution in [-0.4, -0.2) is 11.0 Å². The van der Waals surface area contributed by atoms with Gasteiger partial charge in [0.05, 0.1) is 10.6 Å². The predicted octanol–water partition coefficient (Wildman–Crippen LogP) is 5.05. The summed E-state index contributed by atoms with van der Waals surface area (Å²) in [4.78, 5) is 10.7. The van der Waals surface area contributed by atoms with Crippen LogP contribution in [0.2, 0.25) is 0 Å². The van der Waals surface area contributed by atoms with Crippen LogP contribution < -0.4 is 5.32 Å². The monoisotopic (exact) mass is 340 g/mol. The highest BCUT2D eigenvalue weighted by molar-refractivity contribution is 9.10. The van der Waals surface area contributed by atoms with Gasteiger partial charge in [0.15, 0.2) is 0 Å². The molecule has 0 bridgehead atoms. The summed E-state index contributed by atoms with van der Waals surface area (Å²) >= 11 is 3.50. The van der Waals surface area contributed by atoms with Crippen LogP contribution in [0.4, 0.5) is 11.4 Å². The Balaban J connectivity index is 2.16. The maximum Gasteiger partial charge on any atom is 0.274 e. The van der Waals surface area contributed by atoms with Gasteiger partial charge in [-0.05, 0) is 47.7 Å². The molecular formula is C15H21BrN2O2. The van der Waals surface area contributed by atoms with Gasteiger partial charge < -0.3 is 5.32 Å². The highest BCUT2D eigenvalue weighted by atomic mass is 79.9. The first-order valence-electron chi connectivity index (χ1n) is 7.22. The van der Waals surface area contributed by atoms with Gasteiger partial charge >= 0.3 is 0 Å². The van der Waals surface area contributed by atoms with Gasteiger partial charge in [0.25, 0.3) is 5.69 Å². The van der Waals surface area contributed by atoms with Gasteiger partial charge in [-0.2, -0.15) is 0 Å². The zero-order chi connectivity index (χ0) is 14.7. The van der Waals surface area contributed by atoms with E-state index in [9.17, 15) is 10.1 Å². The second-order valence-electron chi connectivity index (χ2n) is 5.66. The fraction of sp³-hybridized carbons (Fsp3) is 0.600. The van der Waals surface area contributed by atoms with Crippen molar-refractivity contribution in [2.45, 2.75) is 52.0 Å². The number of anilines is 1. The van der Waals surface area contributed by atoms with Crippen molar-refractivity contribution >= 4 is 27.3 Å². The number of nitrogens with zero attached hydrogens (tertiary/aromatic N) is 1. The number of aryl methyl sites for hydroxylation is 1. The van der Waals surface area contributed by atoms with E-state index in [-0.39, 0.29) is 10.6 Å². The molecule has 0 heterocycles. The van der Waals surface area contributed by atoms with E-state index in [1.807, 2.05) is 6.07 Å². The van der Waals surface area contributed by atoms with Crippen LogP contribution in [-0.2, 0) is 0 Å². The Labute approximate surface area is 128 Å². The minimum Gasteiger partial charge on any atom is -0.381 e. The molecular weight excluding hydrogens is 320 g/mol. The second-order valence-corrected chi connectivity index (χ2v) is 6.51. The van der Waals surface area contributed by atoms with Gasteiger partial charge in [-0.3, -0.25) is 10.1 Å². The van der Waals surface area contributed by atoms with Crippen molar-refractivity contribution in [3.05, 3.63) is 32.3 Å². The number of halogens is 1. The normalized spacial score (nSPS) is 22.6. The standard InChI is InChI=1S/C15H21BrN2O2/c1-3-11-5-4-6-12(8-11)17-14-9-15(18(19)20)10(2)7-13(14)16/h7,9,11-12,17H,3-6,8H2,1-2H3. The molecule has 1 aromatic carbocycles. The number of nitro benzene ring substituents is 1. The van der Waals surface area contributed by atoms with Crippen molar-refractivity contribution in [1.82, 2.24) is 0 Å². The number of hydrogen-bond donors (Lipinski definition) is 1. The van der Waals surface area contributed by atoms with Crippen LogP contribution in [0.15, 0.2) is 16.6 Å². The summed E-state index contributed by atoms with van der Waals surface area (Å²) in [6.45, 7) is 4.00. The maximum atomic E-state index is 11.0. The molecule has 5 heteroatoms. The van der Waals surface area contributed by atoms with E-state index >= 15 is 0 Å². The molecule has 2 unspecified atom stereocenters. The molecule has 4 nitrogen and oxygen atoms in total. The Morgan fingerprint density at radius 2 is 2.20 bits per heavy atom. The van der Waals surface area contributed by atoms with Crippen LogP contribution in [0.5, 0.6) is 0 Å². The smallest absolute Gasteiger partial charge is 0.274 e. The molecule has 1 fully saturated rings. The first-order valence-corrected chi connectivity index (χ1v) is 8.01. The van der Waals surface area contributed by atoms with E-state index in [1.54, 1.807) is 13.0 Å². The summed E-state index contributed by atoms with van der Waals surface area (Å²) in [5.41, 5.74) is 1.70. The largest absolute Gasteiger partial charge is 0.381 e. The molecule has 0 radical (unpaired) electrons. The van der Waals surface area contributed by atoms with E-state index in [1.165, 1.54) is 19.3 Å². The molecule has 0 amide bonds. The van der Waals surface area contributed by atoms with Gasteiger partial charge in [0.1, 0.15) is 0 Å². The third-order valence-corrected chi connectivity index (χ3v) is 4.86. The van der Waals surface area contributed by atoms with Crippen molar-refractivity contribution in [2.24, 2.45) is 5.92 Å². The minimum absolute atomic E-state index is 0.179. The lowest BCUT2D eigenvalue weighted by atomic mass is 9.84. The van der Waals surface area contributed by atoms with Gasteiger partial charge in [-0.1, -0.05) is 26.2 Å². The van der Waals surface area contributed by atoms with Crippen LogP contribution in [0, 0.1) is 23.0 Å². The molecule has 1 aromatic rings. The third-order valence-electron chi connectivity index (χ3n) is 4.20. The van der Waals surface area contributed by atoms with Crippen molar-refractivity contribution in [2.75, 3.05) is 5.32 Å². The first kappa shape index (κ1) is 15.3. The average Bonchev–Trinajstić information content (AvgIpc) is 2.41. The third kappa shape index (κ3) is 3.51. The Morgan fingerprint density at radius 3 is 2.85 bits per heavy atom. The summed E-state index contributed by atoms with van der Waals surface area (Å²) in [5, 5.41) is 14.5. The fourth-order valence-electron chi connectivity index (χ4n) is 2.98. The summed E-state index contributed by atoms with van der Waals surface area (Å²) < 4.78 is 0.902. The molecule has 0 aromatic heterocycles. The van der Waals surface area contributed by atoms with E-state index in [0.29, 0.717) is 11.6 Å². The highest BCUT2D eigenvalue weighted by Gasteiger charge is 2.22. The van der Waals surface area contributed by atoms with E-state index in [4.69, 9.17) is 0 Å². The summed E-state index contributed by atoms with van der Waals surface area (Å²) in [5.74, 6) is 0.778. The molecule has 1 aliphatic rings. The van der Waals surface area contributed by atoms with E-state index in [0.717, 1.165) is 28.9 Å². The highest BCUT2D eigenvalue weighted by Crippen LogP contribution is 2.34. The predicted molar refractivity (Wildman–Crippen MR) is 85.2 cm³/mol. The lowest BCUT2D eigenvalue weighted by Gasteiger charge is -2.30. The number of rotatable bonds is 4. The SMILES string of the molecule is CCC1CCCC(Nc2cc([N+](=O)[O-])c(C)cc2Br)C1. The molecule has 1 saturated carbocycles. The number of hydrogen-bond acceptors (Lipinski definition) is 3. The van der Waals surface area contributed by atoms with Gasteiger partial charge in [-0.15, -0.1) is 0 Å². The fourth-order valence-corrected chi connectivity index (χ4v) is 3.55. The molecule has 20 heavy (non-hydrogen) atoms. The van der Waals surface area contributed by atoms with Crippen LogP contribution >= 0.6 is 15.9 Å². The minimum atomic E-state index is -0.317. The average molecular weight is 341 g/mol. The van der Waals surface area contributed by atoms with Crippen molar-refractivity contribution in [1.29, 1.82) is 0 Å². The zero-order valence-electron chi connectivity index (χ0n) is 12.0. The van der Waals surface area contributed by atoms with Gasteiger partial charge in [0, 0.05) is 22.1 Å². The summed E-state index contributed by atoms with van der Waals surface area (Å²) in [6, 6.07) is 3.89. The van der Waals surface area contributed by atoms with Crippen LogP contribution in [0.1, 0.15) is 44.6 Å². The quantitative estimate of drug-likeness (QED) is 0.616. The van der Waals surface area contributed by atoms with Crippen molar-refractivity contribution in [3.8, 4) is 0 Å². The molecule has 1 N–H and O–H groups in total. The van der Waals surface area contributed by atoms with Crippen LogP contribution in [0.3, 0.4) is 0 Å². The Morgan fingerprint density at radius 1 is 1.45 bits per heavy atom. The van der Waals surface area contributed by atoms with Crippen LogP contribution in [0.25, 0.3) is 0 Å². The molecule has 0 spiro atoms.